The van der Waals surface area contributed by atoms with Crippen LogP contribution in [0.25, 0.3) is 11.3 Å². The summed E-state index contributed by atoms with van der Waals surface area (Å²) in [5, 5.41) is 7.82. The maximum Gasteiger partial charge on any atom is 0.146 e. The van der Waals surface area contributed by atoms with E-state index in [-0.39, 0.29) is 17.6 Å². The predicted molar refractivity (Wildman–Crippen MR) is 101 cm³/mol. The lowest BCUT2D eigenvalue weighted by atomic mass is 9.85. The molecule has 2 aromatic carbocycles. The van der Waals surface area contributed by atoms with Gasteiger partial charge in [-0.1, -0.05) is 18.2 Å². The van der Waals surface area contributed by atoms with E-state index in [2.05, 4.69) is 15.1 Å². The highest BCUT2D eigenvalue weighted by molar-refractivity contribution is 5.63. The smallest absolute Gasteiger partial charge is 0.146 e. The van der Waals surface area contributed by atoms with E-state index in [1.54, 1.807) is 30.3 Å². The van der Waals surface area contributed by atoms with Gasteiger partial charge in [-0.05, 0) is 67.0 Å². The lowest BCUT2D eigenvalue weighted by molar-refractivity contribution is 0.327. The summed E-state index contributed by atoms with van der Waals surface area (Å²) in [7, 11) is 2.01. The quantitative estimate of drug-likeness (QED) is 0.746. The summed E-state index contributed by atoms with van der Waals surface area (Å²) in [6.45, 7) is 1.46. The van der Waals surface area contributed by atoms with Crippen LogP contribution in [0.1, 0.15) is 29.0 Å². The standard InChI is InChI=1S/C21H20F2N4/c1-27-9-8-14(15-4-2-3-5-18(15)22)16-11-19(23)17(10-13(16)12-27)20-6-7-21(24)26-25-20/h2-7,10-11,14H,8-9,12H2,1H3,(H2,24,26). The fourth-order valence-electron chi connectivity index (χ4n) is 3.73. The van der Waals surface area contributed by atoms with Crippen molar-refractivity contribution in [1.82, 2.24) is 15.1 Å². The molecule has 0 saturated carbocycles. The van der Waals surface area contributed by atoms with Crippen molar-refractivity contribution in [3.05, 3.63) is 76.9 Å². The Kier molecular flexibility index (Phi) is 4.58. The van der Waals surface area contributed by atoms with E-state index in [4.69, 9.17) is 5.73 Å². The molecule has 4 rings (SSSR count). The SMILES string of the molecule is CN1CCC(c2ccccc2F)c2cc(F)c(-c3ccc(N)nn3)cc2C1. The maximum absolute atomic E-state index is 15.0. The minimum absolute atomic E-state index is 0.188. The first kappa shape index (κ1) is 17.5. The molecule has 1 aromatic heterocycles. The van der Waals surface area contributed by atoms with Gasteiger partial charge in [0.25, 0.3) is 0 Å². The Morgan fingerprint density at radius 2 is 1.81 bits per heavy atom. The monoisotopic (exact) mass is 366 g/mol. The molecule has 0 saturated heterocycles. The molecule has 2 heterocycles. The van der Waals surface area contributed by atoms with Crippen molar-refractivity contribution in [2.75, 3.05) is 19.3 Å². The first-order valence-electron chi connectivity index (χ1n) is 8.88. The second-order valence-electron chi connectivity index (χ2n) is 6.97. The van der Waals surface area contributed by atoms with Crippen LogP contribution in [0.2, 0.25) is 0 Å². The Balaban J connectivity index is 1.85. The zero-order valence-corrected chi connectivity index (χ0v) is 15.0. The summed E-state index contributed by atoms with van der Waals surface area (Å²) in [5.41, 5.74) is 8.79. The third kappa shape index (κ3) is 3.40. The second kappa shape index (κ2) is 7.04. The molecule has 1 aliphatic heterocycles. The Labute approximate surface area is 156 Å². The Morgan fingerprint density at radius 3 is 2.56 bits per heavy atom. The van der Waals surface area contributed by atoms with Crippen LogP contribution >= 0.6 is 0 Å². The van der Waals surface area contributed by atoms with Crippen LogP contribution in [0, 0.1) is 11.6 Å². The van der Waals surface area contributed by atoms with Crippen LogP contribution in [0.4, 0.5) is 14.6 Å². The number of nitrogens with two attached hydrogens (primary N) is 1. The Morgan fingerprint density at radius 1 is 1.00 bits per heavy atom. The largest absolute Gasteiger partial charge is 0.382 e. The van der Waals surface area contributed by atoms with Crippen molar-refractivity contribution < 1.29 is 8.78 Å². The van der Waals surface area contributed by atoms with Crippen molar-refractivity contribution >= 4 is 5.82 Å². The van der Waals surface area contributed by atoms with Gasteiger partial charge < -0.3 is 10.6 Å². The van der Waals surface area contributed by atoms with Crippen molar-refractivity contribution in [2.45, 2.75) is 18.9 Å². The normalized spacial score (nSPS) is 17.4. The highest BCUT2D eigenvalue weighted by Gasteiger charge is 2.26. The van der Waals surface area contributed by atoms with Gasteiger partial charge in [-0.3, -0.25) is 0 Å². The van der Waals surface area contributed by atoms with Crippen LogP contribution in [0.15, 0.2) is 48.5 Å². The van der Waals surface area contributed by atoms with Gasteiger partial charge >= 0.3 is 0 Å². The summed E-state index contributed by atoms with van der Waals surface area (Å²) in [6, 6.07) is 13.3. The molecule has 0 spiro atoms. The zero-order valence-electron chi connectivity index (χ0n) is 15.0. The third-order valence-corrected chi connectivity index (χ3v) is 5.09. The molecule has 138 valence electrons. The van der Waals surface area contributed by atoms with Crippen molar-refractivity contribution in [2.24, 2.45) is 0 Å². The molecule has 1 aliphatic rings. The van der Waals surface area contributed by atoms with Crippen molar-refractivity contribution in [3.63, 3.8) is 0 Å². The second-order valence-corrected chi connectivity index (χ2v) is 6.97. The van der Waals surface area contributed by atoms with Crippen molar-refractivity contribution in [1.29, 1.82) is 0 Å². The number of halogens is 2. The zero-order chi connectivity index (χ0) is 19.0. The molecular weight excluding hydrogens is 346 g/mol. The van der Waals surface area contributed by atoms with Crippen LogP contribution in [-0.2, 0) is 6.54 Å². The number of rotatable bonds is 2. The summed E-state index contributed by atoms with van der Waals surface area (Å²) >= 11 is 0. The van der Waals surface area contributed by atoms with E-state index >= 15 is 0 Å². The van der Waals surface area contributed by atoms with Crippen LogP contribution in [-0.4, -0.2) is 28.7 Å². The minimum Gasteiger partial charge on any atom is -0.382 e. The summed E-state index contributed by atoms with van der Waals surface area (Å²) in [4.78, 5) is 2.16. The molecule has 0 fully saturated rings. The van der Waals surface area contributed by atoms with Crippen LogP contribution < -0.4 is 5.73 Å². The molecule has 2 N–H and O–H groups in total. The summed E-state index contributed by atoms with van der Waals surface area (Å²) in [5.74, 6) is -0.550. The van der Waals surface area contributed by atoms with Gasteiger partial charge in [0, 0.05) is 18.0 Å². The van der Waals surface area contributed by atoms with Gasteiger partial charge in [0.2, 0.25) is 0 Å². The van der Waals surface area contributed by atoms with E-state index in [9.17, 15) is 8.78 Å². The van der Waals surface area contributed by atoms with E-state index < -0.39 is 5.82 Å². The van der Waals surface area contributed by atoms with Gasteiger partial charge in [0.15, 0.2) is 0 Å². The average molecular weight is 366 g/mol. The maximum atomic E-state index is 15.0. The molecule has 1 atom stereocenters. The average Bonchev–Trinajstić information content (AvgIpc) is 2.81. The number of benzene rings is 2. The minimum atomic E-state index is -0.390. The first-order chi connectivity index (χ1) is 13.0. The fourth-order valence-corrected chi connectivity index (χ4v) is 3.73. The topological polar surface area (TPSA) is 55.0 Å². The Hall–Kier alpha value is -2.86. The highest BCUT2D eigenvalue weighted by atomic mass is 19.1. The lowest BCUT2D eigenvalue weighted by Crippen LogP contribution is -2.17. The first-order valence-corrected chi connectivity index (χ1v) is 8.88. The fraction of sp³-hybridized carbons (Fsp3) is 0.238. The van der Waals surface area contributed by atoms with E-state index in [0.29, 0.717) is 23.4 Å². The molecule has 0 aliphatic carbocycles. The number of fused-ring (bicyclic) bond motifs is 1. The molecule has 6 heteroatoms. The van der Waals surface area contributed by atoms with Gasteiger partial charge in [-0.2, -0.15) is 0 Å². The summed E-state index contributed by atoms with van der Waals surface area (Å²) in [6.07, 6.45) is 0.727. The van der Waals surface area contributed by atoms with Crippen molar-refractivity contribution in [3.8, 4) is 11.3 Å². The molecule has 0 amide bonds. The number of nitrogen functional groups attached to an aromatic ring is 1. The molecule has 27 heavy (non-hydrogen) atoms. The number of aromatic nitrogens is 2. The van der Waals surface area contributed by atoms with Gasteiger partial charge in [0.05, 0.1) is 5.69 Å². The molecular formula is C21H20F2N4. The van der Waals surface area contributed by atoms with Gasteiger partial charge in [0.1, 0.15) is 17.5 Å². The molecule has 0 bridgehead atoms. The summed E-state index contributed by atoms with van der Waals surface area (Å²) < 4.78 is 29.4. The number of anilines is 1. The number of hydrogen-bond donors (Lipinski definition) is 1. The van der Waals surface area contributed by atoms with E-state index in [0.717, 1.165) is 24.1 Å². The lowest BCUT2D eigenvalue weighted by Gasteiger charge is -2.19. The van der Waals surface area contributed by atoms with E-state index in [1.165, 1.54) is 12.1 Å². The van der Waals surface area contributed by atoms with Crippen LogP contribution in [0.5, 0.6) is 0 Å². The van der Waals surface area contributed by atoms with Gasteiger partial charge in [-0.25, -0.2) is 8.78 Å². The molecule has 4 nitrogen and oxygen atoms in total. The van der Waals surface area contributed by atoms with Gasteiger partial charge in [-0.15, -0.1) is 10.2 Å². The Bertz CT molecular complexity index is 972. The third-order valence-electron chi connectivity index (χ3n) is 5.09. The number of nitrogens with zero attached hydrogens (tertiary/aromatic N) is 3. The number of hydrogen-bond acceptors (Lipinski definition) is 4. The molecule has 1 unspecified atom stereocenters. The van der Waals surface area contributed by atoms with E-state index in [1.807, 2.05) is 13.1 Å². The predicted octanol–water partition coefficient (Wildman–Crippen LogP) is 3.97. The molecule has 3 aromatic rings. The van der Waals surface area contributed by atoms with Crippen LogP contribution in [0.3, 0.4) is 0 Å². The highest BCUT2D eigenvalue weighted by Crippen LogP contribution is 2.37. The molecule has 0 radical (unpaired) electrons.